The van der Waals surface area contributed by atoms with Crippen molar-refractivity contribution < 1.29 is 9.53 Å². The van der Waals surface area contributed by atoms with Crippen molar-refractivity contribution >= 4 is 28.5 Å². The Bertz CT molecular complexity index is 945. The van der Waals surface area contributed by atoms with Gasteiger partial charge >= 0.3 is 0 Å². The Kier molecular flexibility index (Phi) is 6.98. The second kappa shape index (κ2) is 9.85. The van der Waals surface area contributed by atoms with E-state index in [2.05, 4.69) is 48.4 Å². The number of ether oxygens (including phenoxy) is 1. The molecule has 3 rings (SSSR count). The van der Waals surface area contributed by atoms with E-state index < -0.39 is 0 Å². The van der Waals surface area contributed by atoms with Crippen molar-refractivity contribution in [2.75, 3.05) is 11.9 Å². The molecule has 0 unspecified atom stereocenters. The Labute approximate surface area is 169 Å². The number of rotatable bonds is 8. The van der Waals surface area contributed by atoms with Gasteiger partial charge in [-0.25, -0.2) is 4.98 Å². The van der Waals surface area contributed by atoms with Crippen molar-refractivity contribution in [2.24, 2.45) is 0 Å². The zero-order chi connectivity index (χ0) is 19.8. The number of thiazole rings is 1. The van der Waals surface area contributed by atoms with Crippen LogP contribution in [0.4, 0.5) is 5.13 Å². The number of hydrogen-bond donors (Lipinski definition) is 1. The van der Waals surface area contributed by atoms with Crippen molar-refractivity contribution in [1.82, 2.24) is 4.98 Å². The summed E-state index contributed by atoms with van der Waals surface area (Å²) in [5.41, 5.74) is 4.08. The van der Waals surface area contributed by atoms with Gasteiger partial charge in [-0.1, -0.05) is 56.3 Å². The van der Waals surface area contributed by atoms with Gasteiger partial charge in [0.05, 0.1) is 12.3 Å². The molecular weight excluding hydrogens is 368 g/mol. The van der Waals surface area contributed by atoms with Crippen molar-refractivity contribution in [3.63, 3.8) is 0 Å². The van der Waals surface area contributed by atoms with Crippen LogP contribution in [0.5, 0.6) is 5.75 Å². The number of nitrogens with zero attached hydrogens (tertiary/aromatic N) is 1. The molecule has 0 radical (unpaired) electrons. The van der Waals surface area contributed by atoms with Crippen LogP contribution < -0.4 is 10.1 Å². The number of benzene rings is 2. The van der Waals surface area contributed by atoms with Crippen LogP contribution in [0.25, 0.3) is 17.3 Å². The molecule has 3 aromatic rings. The molecule has 1 amide bonds. The smallest absolute Gasteiger partial charge is 0.250 e. The first kappa shape index (κ1) is 19.8. The molecule has 2 aromatic carbocycles. The van der Waals surface area contributed by atoms with Crippen LogP contribution in [0.2, 0.25) is 0 Å². The average Bonchev–Trinajstić information content (AvgIpc) is 3.19. The van der Waals surface area contributed by atoms with Gasteiger partial charge < -0.3 is 4.74 Å². The normalized spacial score (nSPS) is 10.9. The molecule has 28 heavy (non-hydrogen) atoms. The first-order valence-electron chi connectivity index (χ1n) is 9.45. The van der Waals surface area contributed by atoms with E-state index >= 15 is 0 Å². The third kappa shape index (κ3) is 5.30. The average molecular weight is 393 g/mol. The quantitative estimate of drug-likeness (QED) is 0.492. The molecule has 0 saturated carbocycles. The largest absolute Gasteiger partial charge is 0.493 e. The molecule has 0 bridgehead atoms. The Morgan fingerprint density at radius 3 is 2.68 bits per heavy atom. The topological polar surface area (TPSA) is 51.2 Å². The summed E-state index contributed by atoms with van der Waals surface area (Å²) in [5, 5.41) is 5.36. The van der Waals surface area contributed by atoms with Gasteiger partial charge in [-0.05, 0) is 30.5 Å². The maximum atomic E-state index is 12.3. The predicted molar refractivity (Wildman–Crippen MR) is 117 cm³/mol. The van der Waals surface area contributed by atoms with E-state index in [9.17, 15) is 4.79 Å². The van der Waals surface area contributed by atoms with Gasteiger partial charge in [0, 0.05) is 22.6 Å². The molecule has 1 N–H and O–H groups in total. The number of hydrogen-bond acceptors (Lipinski definition) is 4. The highest BCUT2D eigenvalue weighted by atomic mass is 32.1. The van der Waals surface area contributed by atoms with Gasteiger partial charge in [0.15, 0.2) is 5.13 Å². The molecule has 0 spiro atoms. The number of carbonyl (C=O) groups excluding carboxylic acids is 1. The second-order valence-corrected chi connectivity index (χ2v) is 7.16. The number of aromatic nitrogens is 1. The van der Waals surface area contributed by atoms with Crippen LogP contribution in [-0.2, 0) is 11.2 Å². The summed E-state index contributed by atoms with van der Waals surface area (Å²) in [6.07, 6.45) is 5.22. The predicted octanol–water partition coefficient (Wildman–Crippen LogP) is 5.81. The molecule has 4 nitrogen and oxygen atoms in total. The van der Waals surface area contributed by atoms with E-state index in [1.54, 1.807) is 6.08 Å². The minimum absolute atomic E-state index is 0.215. The Balaban J connectivity index is 1.64. The van der Waals surface area contributed by atoms with E-state index in [1.807, 2.05) is 29.6 Å². The monoisotopic (exact) mass is 392 g/mol. The van der Waals surface area contributed by atoms with Gasteiger partial charge in [-0.3, -0.25) is 10.1 Å². The van der Waals surface area contributed by atoms with Gasteiger partial charge in [0.2, 0.25) is 5.91 Å². The molecule has 144 valence electrons. The molecule has 1 heterocycles. The molecule has 0 fully saturated rings. The Morgan fingerprint density at radius 1 is 1.14 bits per heavy atom. The minimum atomic E-state index is -0.215. The summed E-state index contributed by atoms with van der Waals surface area (Å²) < 4.78 is 5.71. The van der Waals surface area contributed by atoms with E-state index in [1.165, 1.54) is 23.0 Å². The van der Waals surface area contributed by atoms with E-state index in [4.69, 9.17) is 4.74 Å². The SMILES string of the molecule is CCCOc1ccccc1/C=C/C(=O)Nc1nc(-c2ccc(CC)cc2)cs1. The molecule has 0 atom stereocenters. The number of nitrogens with one attached hydrogen (secondary N) is 1. The fourth-order valence-corrected chi connectivity index (χ4v) is 3.37. The highest BCUT2D eigenvalue weighted by Gasteiger charge is 2.07. The molecule has 1 aromatic heterocycles. The van der Waals surface area contributed by atoms with E-state index in [-0.39, 0.29) is 5.91 Å². The van der Waals surface area contributed by atoms with Crippen LogP contribution in [0.15, 0.2) is 60.0 Å². The second-order valence-electron chi connectivity index (χ2n) is 6.30. The van der Waals surface area contributed by atoms with Crippen LogP contribution >= 0.6 is 11.3 Å². The Hall–Kier alpha value is -2.92. The lowest BCUT2D eigenvalue weighted by Crippen LogP contribution is -2.07. The lowest BCUT2D eigenvalue weighted by Gasteiger charge is -2.07. The maximum absolute atomic E-state index is 12.3. The van der Waals surface area contributed by atoms with Crippen LogP contribution in [0, 0.1) is 0 Å². The lowest BCUT2D eigenvalue weighted by atomic mass is 10.1. The van der Waals surface area contributed by atoms with E-state index in [0.717, 1.165) is 35.4 Å². The highest BCUT2D eigenvalue weighted by Crippen LogP contribution is 2.25. The number of para-hydroxylation sites is 1. The van der Waals surface area contributed by atoms with Gasteiger partial charge in [0.1, 0.15) is 5.75 Å². The maximum Gasteiger partial charge on any atom is 0.250 e. The third-order valence-electron chi connectivity index (χ3n) is 4.19. The van der Waals surface area contributed by atoms with Crippen LogP contribution in [0.1, 0.15) is 31.4 Å². The standard InChI is InChI=1S/C23H24N2O2S/c1-3-15-27-21-8-6-5-7-19(21)13-14-22(26)25-23-24-20(16-28-23)18-11-9-17(4-2)10-12-18/h5-14,16H,3-4,15H2,1-2H3,(H,24,25,26)/b14-13+. The van der Waals surface area contributed by atoms with E-state index in [0.29, 0.717) is 11.7 Å². The van der Waals surface area contributed by atoms with Crippen molar-refractivity contribution in [3.8, 4) is 17.0 Å². The molecule has 0 aliphatic carbocycles. The number of carbonyl (C=O) groups is 1. The molecular formula is C23H24N2O2S. The highest BCUT2D eigenvalue weighted by molar-refractivity contribution is 7.14. The Morgan fingerprint density at radius 2 is 1.93 bits per heavy atom. The van der Waals surface area contributed by atoms with Crippen molar-refractivity contribution in [3.05, 3.63) is 71.1 Å². The first-order chi connectivity index (χ1) is 13.7. The lowest BCUT2D eigenvalue weighted by molar-refractivity contribution is -0.111. The van der Waals surface area contributed by atoms with Crippen molar-refractivity contribution in [2.45, 2.75) is 26.7 Å². The molecule has 0 aliphatic rings. The zero-order valence-corrected chi connectivity index (χ0v) is 17.0. The fourth-order valence-electron chi connectivity index (χ4n) is 2.65. The minimum Gasteiger partial charge on any atom is -0.493 e. The number of amides is 1. The summed E-state index contributed by atoms with van der Waals surface area (Å²) in [5.74, 6) is 0.563. The summed E-state index contributed by atoms with van der Waals surface area (Å²) >= 11 is 1.42. The molecule has 0 saturated heterocycles. The summed E-state index contributed by atoms with van der Waals surface area (Å²) in [4.78, 5) is 16.8. The zero-order valence-electron chi connectivity index (χ0n) is 16.1. The van der Waals surface area contributed by atoms with Crippen molar-refractivity contribution in [1.29, 1.82) is 0 Å². The number of aryl methyl sites for hydroxylation is 1. The number of anilines is 1. The molecule has 0 aliphatic heterocycles. The van der Waals surface area contributed by atoms with Gasteiger partial charge in [-0.15, -0.1) is 11.3 Å². The van der Waals surface area contributed by atoms with Gasteiger partial charge in [0.25, 0.3) is 0 Å². The fraction of sp³-hybridized carbons (Fsp3) is 0.217. The van der Waals surface area contributed by atoms with Gasteiger partial charge in [-0.2, -0.15) is 0 Å². The summed E-state index contributed by atoms with van der Waals surface area (Å²) in [7, 11) is 0. The third-order valence-corrected chi connectivity index (χ3v) is 4.94. The first-order valence-corrected chi connectivity index (χ1v) is 10.3. The molecule has 5 heteroatoms. The van der Waals surface area contributed by atoms with Crippen LogP contribution in [0.3, 0.4) is 0 Å². The van der Waals surface area contributed by atoms with Crippen LogP contribution in [-0.4, -0.2) is 17.5 Å². The summed E-state index contributed by atoms with van der Waals surface area (Å²) in [6.45, 7) is 4.85. The summed E-state index contributed by atoms with van der Waals surface area (Å²) in [6, 6.07) is 16.0.